The van der Waals surface area contributed by atoms with Crippen LogP contribution in [0.4, 0.5) is 0 Å². The fraction of sp³-hybridized carbons (Fsp3) is 0.538. The van der Waals surface area contributed by atoms with Crippen LogP contribution in [0, 0.1) is 0 Å². The third-order valence-electron chi connectivity index (χ3n) is 2.38. The van der Waals surface area contributed by atoms with Crippen molar-refractivity contribution in [1.29, 1.82) is 0 Å². The van der Waals surface area contributed by atoms with Crippen molar-refractivity contribution in [3.63, 3.8) is 0 Å². The molecule has 84 valence electrons. The Labute approximate surface area is 92.6 Å². The maximum absolute atomic E-state index is 5.73. The van der Waals surface area contributed by atoms with E-state index < -0.39 is 0 Å². The Morgan fingerprint density at radius 2 is 2.00 bits per heavy atom. The molecule has 0 amide bonds. The van der Waals surface area contributed by atoms with Gasteiger partial charge in [-0.25, -0.2) is 0 Å². The third kappa shape index (κ3) is 4.96. The predicted molar refractivity (Wildman–Crippen MR) is 64.0 cm³/mol. The van der Waals surface area contributed by atoms with Crippen LogP contribution >= 0.6 is 0 Å². The fourth-order valence-corrected chi connectivity index (χ4v) is 1.45. The summed E-state index contributed by atoms with van der Waals surface area (Å²) in [7, 11) is 0. The van der Waals surface area contributed by atoms with Crippen LogP contribution in [-0.4, -0.2) is 19.7 Å². The molecule has 1 N–H and O–H groups in total. The molecule has 0 aromatic heterocycles. The van der Waals surface area contributed by atoms with Crippen LogP contribution in [0.2, 0.25) is 0 Å². The van der Waals surface area contributed by atoms with Crippen LogP contribution in [0.25, 0.3) is 0 Å². The van der Waals surface area contributed by atoms with E-state index in [0.717, 1.165) is 26.1 Å². The van der Waals surface area contributed by atoms with Crippen molar-refractivity contribution in [2.75, 3.05) is 19.7 Å². The van der Waals surface area contributed by atoms with E-state index in [9.17, 15) is 0 Å². The zero-order valence-corrected chi connectivity index (χ0v) is 9.70. The Kier molecular flexibility index (Phi) is 6.05. The van der Waals surface area contributed by atoms with Crippen LogP contribution in [0.3, 0.4) is 0 Å². The highest BCUT2D eigenvalue weighted by Crippen LogP contribution is 2.15. The Bertz CT molecular complexity index is 248. The molecule has 0 aliphatic heterocycles. The van der Waals surface area contributed by atoms with Gasteiger partial charge in [-0.05, 0) is 32.0 Å². The average Bonchev–Trinajstić information content (AvgIpc) is 2.30. The van der Waals surface area contributed by atoms with Gasteiger partial charge in [-0.3, -0.25) is 0 Å². The van der Waals surface area contributed by atoms with E-state index in [1.807, 2.05) is 18.2 Å². The number of hydrogen-bond donors (Lipinski definition) is 1. The van der Waals surface area contributed by atoms with Crippen LogP contribution in [0.1, 0.15) is 31.9 Å². The van der Waals surface area contributed by atoms with E-state index in [2.05, 4.69) is 31.3 Å². The van der Waals surface area contributed by atoms with Gasteiger partial charge in [0.05, 0.1) is 6.10 Å². The molecule has 1 atom stereocenters. The highest BCUT2D eigenvalue weighted by molar-refractivity contribution is 5.16. The summed E-state index contributed by atoms with van der Waals surface area (Å²) in [4.78, 5) is 0. The maximum atomic E-state index is 5.73. The van der Waals surface area contributed by atoms with Gasteiger partial charge >= 0.3 is 0 Å². The van der Waals surface area contributed by atoms with E-state index in [4.69, 9.17) is 4.74 Å². The number of nitrogens with one attached hydrogen (secondary N) is 1. The molecule has 0 spiro atoms. The molecule has 15 heavy (non-hydrogen) atoms. The molecule has 0 aliphatic carbocycles. The molecular formula is C13H21NO. The molecule has 0 aliphatic rings. The van der Waals surface area contributed by atoms with Gasteiger partial charge in [-0.15, -0.1) is 0 Å². The van der Waals surface area contributed by atoms with Gasteiger partial charge < -0.3 is 10.1 Å². The van der Waals surface area contributed by atoms with Gasteiger partial charge in [0.25, 0.3) is 0 Å². The minimum Gasteiger partial charge on any atom is -0.374 e. The summed E-state index contributed by atoms with van der Waals surface area (Å²) in [5.41, 5.74) is 1.25. The molecule has 1 aromatic carbocycles. The quantitative estimate of drug-likeness (QED) is 0.694. The molecule has 1 rings (SSSR count). The third-order valence-corrected chi connectivity index (χ3v) is 2.38. The largest absolute Gasteiger partial charge is 0.374 e. The number of benzene rings is 1. The van der Waals surface area contributed by atoms with E-state index in [1.54, 1.807) is 0 Å². The second-order valence-electron chi connectivity index (χ2n) is 3.63. The van der Waals surface area contributed by atoms with Crippen molar-refractivity contribution in [3.8, 4) is 0 Å². The highest BCUT2D eigenvalue weighted by atomic mass is 16.5. The van der Waals surface area contributed by atoms with Gasteiger partial charge in [0.1, 0.15) is 0 Å². The van der Waals surface area contributed by atoms with Crippen molar-refractivity contribution in [3.05, 3.63) is 35.9 Å². The van der Waals surface area contributed by atoms with E-state index >= 15 is 0 Å². The Morgan fingerprint density at radius 1 is 1.27 bits per heavy atom. The summed E-state index contributed by atoms with van der Waals surface area (Å²) >= 11 is 0. The van der Waals surface area contributed by atoms with Crippen molar-refractivity contribution >= 4 is 0 Å². The molecule has 2 heteroatoms. The Morgan fingerprint density at radius 3 is 2.67 bits per heavy atom. The second-order valence-corrected chi connectivity index (χ2v) is 3.63. The molecule has 0 fully saturated rings. The first-order chi connectivity index (χ1) is 7.34. The molecule has 0 heterocycles. The molecule has 0 radical (unpaired) electrons. The topological polar surface area (TPSA) is 21.3 Å². The first-order valence-corrected chi connectivity index (χ1v) is 5.72. The highest BCUT2D eigenvalue weighted by Gasteiger charge is 2.03. The number of hydrogen-bond acceptors (Lipinski definition) is 2. The second kappa shape index (κ2) is 7.43. The minimum absolute atomic E-state index is 0.202. The Hall–Kier alpha value is -0.860. The summed E-state index contributed by atoms with van der Waals surface area (Å²) in [5, 5.41) is 3.28. The van der Waals surface area contributed by atoms with Crippen molar-refractivity contribution < 1.29 is 4.74 Å². The van der Waals surface area contributed by atoms with Gasteiger partial charge in [0.2, 0.25) is 0 Å². The van der Waals surface area contributed by atoms with E-state index in [-0.39, 0.29) is 6.10 Å². The lowest BCUT2D eigenvalue weighted by Gasteiger charge is -2.13. The van der Waals surface area contributed by atoms with Crippen LogP contribution in [0.5, 0.6) is 0 Å². The minimum atomic E-state index is 0.202. The number of ether oxygens (including phenoxy) is 1. The zero-order chi connectivity index (χ0) is 10.9. The fourth-order valence-electron chi connectivity index (χ4n) is 1.45. The van der Waals surface area contributed by atoms with Crippen molar-refractivity contribution in [2.45, 2.75) is 26.4 Å². The van der Waals surface area contributed by atoms with Crippen LogP contribution < -0.4 is 5.32 Å². The first kappa shape index (κ1) is 12.2. The lowest BCUT2D eigenvalue weighted by Crippen LogP contribution is -2.16. The molecule has 0 saturated carbocycles. The summed E-state index contributed by atoms with van der Waals surface area (Å²) in [6, 6.07) is 10.3. The van der Waals surface area contributed by atoms with Gasteiger partial charge in [0, 0.05) is 6.61 Å². The monoisotopic (exact) mass is 207 g/mol. The molecule has 0 saturated heterocycles. The summed E-state index contributed by atoms with van der Waals surface area (Å²) in [5.74, 6) is 0. The smallest absolute Gasteiger partial charge is 0.0796 e. The summed E-state index contributed by atoms with van der Waals surface area (Å²) in [6.07, 6.45) is 1.28. The summed E-state index contributed by atoms with van der Waals surface area (Å²) < 4.78 is 5.73. The predicted octanol–water partition coefficient (Wildman–Crippen LogP) is 2.76. The molecule has 2 nitrogen and oxygen atoms in total. The van der Waals surface area contributed by atoms with Crippen molar-refractivity contribution in [1.82, 2.24) is 5.32 Å². The van der Waals surface area contributed by atoms with Crippen molar-refractivity contribution in [2.24, 2.45) is 0 Å². The van der Waals surface area contributed by atoms with Crippen LogP contribution in [-0.2, 0) is 4.74 Å². The average molecular weight is 207 g/mol. The molecule has 1 aromatic rings. The van der Waals surface area contributed by atoms with E-state index in [1.165, 1.54) is 5.56 Å². The molecule has 0 bridgehead atoms. The van der Waals surface area contributed by atoms with E-state index in [0.29, 0.717) is 0 Å². The lowest BCUT2D eigenvalue weighted by atomic mass is 10.1. The standard InChI is InChI=1S/C13H21NO/c1-3-14-10-7-11-15-12(2)13-8-5-4-6-9-13/h4-6,8-9,12,14H,3,7,10-11H2,1-2H3. The van der Waals surface area contributed by atoms with Gasteiger partial charge in [0.15, 0.2) is 0 Å². The number of rotatable bonds is 7. The zero-order valence-electron chi connectivity index (χ0n) is 9.70. The molecule has 1 unspecified atom stereocenters. The Balaban J connectivity index is 2.16. The van der Waals surface area contributed by atoms with Crippen LogP contribution in [0.15, 0.2) is 30.3 Å². The molecular weight excluding hydrogens is 186 g/mol. The van der Waals surface area contributed by atoms with Gasteiger partial charge in [-0.1, -0.05) is 37.3 Å². The summed E-state index contributed by atoms with van der Waals surface area (Å²) in [6.45, 7) is 7.12. The maximum Gasteiger partial charge on any atom is 0.0796 e. The normalized spacial score (nSPS) is 12.7. The first-order valence-electron chi connectivity index (χ1n) is 5.72. The SMILES string of the molecule is CCNCCCOC(C)c1ccccc1. The van der Waals surface area contributed by atoms with Gasteiger partial charge in [-0.2, -0.15) is 0 Å². The lowest BCUT2D eigenvalue weighted by molar-refractivity contribution is 0.0642.